The highest BCUT2D eigenvalue weighted by atomic mass is 16.7. The molecule has 1 heterocycles. The molecule has 2 aromatic rings. The largest absolute Gasteiger partial charge is 0.494 e. The normalized spacial score (nSPS) is 18.9. The van der Waals surface area contributed by atoms with Gasteiger partial charge in [0.25, 0.3) is 0 Å². The second-order valence-corrected chi connectivity index (χ2v) is 7.57. The minimum Gasteiger partial charge on any atom is -0.494 e. The number of carbonyl (C=O) groups excluding carboxylic acids is 2. The molecular formula is C22H28N2O6. The molecule has 1 N–H and O–H groups in total. The van der Waals surface area contributed by atoms with Gasteiger partial charge in [-0.2, -0.15) is 0 Å². The first-order valence-electron chi connectivity index (χ1n) is 10.3. The summed E-state index contributed by atoms with van der Waals surface area (Å²) in [5.41, 5.74) is 0.612. The highest BCUT2D eigenvalue weighted by Crippen LogP contribution is 2.25. The molecule has 1 fully saturated rings. The number of hydrogen-bond acceptors (Lipinski definition) is 7. The molecular weight excluding hydrogens is 388 g/mol. The molecule has 8 heteroatoms. The van der Waals surface area contributed by atoms with E-state index in [-0.39, 0.29) is 36.1 Å². The second kappa shape index (κ2) is 10.2. The number of esters is 1. The Morgan fingerprint density at radius 1 is 1.13 bits per heavy atom. The Morgan fingerprint density at radius 2 is 1.90 bits per heavy atom. The van der Waals surface area contributed by atoms with Gasteiger partial charge >= 0.3 is 11.9 Å². The summed E-state index contributed by atoms with van der Waals surface area (Å²) in [6.07, 6.45) is 3.95. The number of pyridine rings is 1. The van der Waals surface area contributed by atoms with Crippen molar-refractivity contribution in [1.82, 2.24) is 10.0 Å². The van der Waals surface area contributed by atoms with Gasteiger partial charge in [0.1, 0.15) is 11.9 Å². The molecule has 30 heavy (non-hydrogen) atoms. The summed E-state index contributed by atoms with van der Waals surface area (Å²) in [5.74, 6) is 0.142. The van der Waals surface area contributed by atoms with Crippen molar-refractivity contribution >= 4 is 22.8 Å². The summed E-state index contributed by atoms with van der Waals surface area (Å²) >= 11 is 0. The van der Waals surface area contributed by atoms with Crippen LogP contribution in [0.15, 0.2) is 35.1 Å². The molecule has 0 atom stereocenters. The number of nitrogens with one attached hydrogen (secondary N) is 1. The number of hydroxylamine groups is 2. The molecule has 1 aromatic heterocycles. The highest BCUT2D eigenvalue weighted by molar-refractivity contribution is 5.79. The Morgan fingerprint density at radius 3 is 2.63 bits per heavy atom. The molecule has 3 rings (SSSR count). The van der Waals surface area contributed by atoms with Crippen LogP contribution in [0.25, 0.3) is 10.9 Å². The van der Waals surface area contributed by atoms with E-state index >= 15 is 0 Å². The fourth-order valence-electron chi connectivity index (χ4n) is 3.67. The van der Waals surface area contributed by atoms with Crippen LogP contribution in [0.3, 0.4) is 0 Å². The zero-order valence-electron chi connectivity index (χ0n) is 17.4. The molecule has 1 aromatic carbocycles. The van der Waals surface area contributed by atoms with Crippen LogP contribution in [0.5, 0.6) is 5.75 Å². The molecule has 0 bridgehead atoms. The monoisotopic (exact) mass is 416 g/mol. The third kappa shape index (κ3) is 6.32. The van der Waals surface area contributed by atoms with Crippen LogP contribution >= 0.6 is 0 Å². The molecule has 0 unspecified atom stereocenters. The van der Waals surface area contributed by atoms with Gasteiger partial charge in [0.15, 0.2) is 0 Å². The zero-order chi connectivity index (χ0) is 21.5. The van der Waals surface area contributed by atoms with E-state index in [0.717, 1.165) is 36.6 Å². The molecule has 1 aliphatic carbocycles. The van der Waals surface area contributed by atoms with Gasteiger partial charge in [0.2, 0.25) is 5.56 Å². The lowest BCUT2D eigenvalue weighted by Crippen LogP contribution is -2.38. The van der Waals surface area contributed by atoms with Crippen molar-refractivity contribution in [3.05, 3.63) is 40.7 Å². The van der Waals surface area contributed by atoms with Crippen molar-refractivity contribution in [2.75, 3.05) is 13.7 Å². The van der Waals surface area contributed by atoms with Gasteiger partial charge in [-0.15, -0.1) is 5.06 Å². The molecule has 8 nitrogen and oxygen atoms in total. The maximum atomic E-state index is 12.1. The van der Waals surface area contributed by atoms with Crippen LogP contribution in [0.1, 0.15) is 45.4 Å². The predicted octanol–water partition coefficient (Wildman–Crippen LogP) is 2.95. The standard InChI is InChI=1S/C22H28N2O6/c1-15(25)29-18-8-6-17(7-9-18)24(2)30-22(27)4-3-13-28-19-10-11-20-16(14-19)5-12-21(26)23-20/h5,10-12,14,17-18H,3-4,6-9,13H2,1-2H3,(H,23,26). The van der Waals surface area contributed by atoms with Gasteiger partial charge < -0.3 is 19.3 Å². The molecule has 162 valence electrons. The molecule has 0 aliphatic heterocycles. The molecule has 0 amide bonds. The number of fused-ring (bicyclic) bond motifs is 1. The third-order valence-electron chi connectivity index (χ3n) is 5.23. The van der Waals surface area contributed by atoms with Crippen molar-refractivity contribution in [3.8, 4) is 5.75 Å². The topological polar surface area (TPSA) is 97.9 Å². The van der Waals surface area contributed by atoms with Crippen molar-refractivity contribution in [2.24, 2.45) is 0 Å². The number of benzene rings is 1. The van der Waals surface area contributed by atoms with Crippen LogP contribution in [0.2, 0.25) is 0 Å². The number of nitrogens with zero attached hydrogens (tertiary/aromatic N) is 1. The first-order chi connectivity index (χ1) is 14.4. The number of rotatable bonds is 8. The van der Waals surface area contributed by atoms with Gasteiger partial charge in [-0.25, -0.2) is 0 Å². The number of hydrogen-bond donors (Lipinski definition) is 1. The van der Waals surface area contributed by atoms with Crippen LogP contribution in [-0.4, -0.2) is 47.8 Å². The Bertz CT molecular complexity index is 933. The van der Waals surface area contributed by atoms with Crippen molar-refractivity contribution in [2.45, 2.75) is 57.6 Å². The Labute approximate surface area is 175 Å². The molecule has 0 spiro atoms. The lowest BCUT2D eigenvalue weighted by atomic mass is 9.93. The van der Waals surface area contributed by atoms with E-state index in [9.17, 15) is 14.4 Å². The first-order valence-corrected chi connectivity index (χ1v) is 10.3. The average molecular weight is 416 g/mol. The number of aromatic amines is 1. The van der Waals surface area contributed by atoms with E-state index in [4.69, 9.17) is 14.3 Å². The van der Waals surface area contributed by atoms with Crippen LogP contribution in [0, 0.1) is 0 Å². The quantitative estimate of drug-likeness (QED) is 0.401. The van der Waals surface area contributed by atoms with Gasteiger partial charge in [-0.1, -0.05) is 0 Å². The summed E-state index contributed by atoms with van der Waals surface area (Å²) in [5, 5.41) is 2.51. The van der Waals surface area contributed by atoms with E-state index < -0.39 is 0 Å². The Hall–Kier alpha value is -2.87. The smallest absolute Gasteiger partial charge is 0.325 e. The maximum Gasteiger partial charge on any atom is 0.325 e. The van der Waals surface area contributed by atoms with E-state index in [1.807, 2.05) is 6.07 Å². The summed E-state index contributed by atoms with van der Waals surface area (Å²) in [6, 6.07) is 8.79. The summed E-state index contributed by atoms with van der Waals surface area (Å²) in [6.45, 7) is 1.81. The van der Waals surface area contributed by atoms with Gasteiger partial charge in [0, 0.05) is 37.0 Å². The first kappa shape index (κ1) is 21.8. The minimum atomic E-state index is -0.292. The average Bonchev–Trinajstić information content (AvgIpc) is 2.71. The molecule has 1 saturated carbocycles. The summed E-state index contributed by atoms with van der Waals surface area (Å²) in [4.78, 5) is 42.6. The number of ether oxygens (including phenoxy) is 2. The SMILES string of the molecule is CC(=O)OC1CCC(N(C)OC(=O)CCCOc2ccc3[nH]c(=O)ccc3c2)CC1. The lowest BCUT2D eigenvalue weighted by molar-refractivity contribution is -0.198. The van der Waals surface area contributed by atoms with E-state index in [2.05, 4.69) is 4.98 Å². The fourth-order valence-corrected chi connectivity index (χ4v) is 3.67. The van der Waals surface area contributed by atoms with Crippen molar-refractivity contribution < 1.29 is 23.9 Å². The molecule has 0 radical (unpaired) electrons. The van der Waals surface area contributed by atoms with Crippen molar-refractivity contribution in [1.29, 1.82) is 0 Å². The Balaban J connectivity index is 1.35. The van der Waals surface area contributed by atoms with Gasteiger partial charge in [0.05, 0.1) is 13.0 Å². The summed E-state index contributed by atoms with van der Waals surface area (Å²) in [7, 11) is 1.77. The van der Waals surface area contributed by atoms with Crippen LogP contribution in [-0.2, 0) is 19.2 Å². The molecule has 0 saturated heterocycles. The van der Waals surface area contributed by atoms with Crippen LogP contribution in [0.4, 0.5) is 0 Å². The fraction of sp³-hybridized carbons (Fsp3) is 0.500. The highest BCUT2D eigenvalue weighted by Gasteiger charge is 2.27. The number of H-pyrrole nitrogens is 1. The second-order valence-electron chi connectivity index (χ2n) is 7.57. The maximum absolute atomic E-state index is 12.1. The predicted molar refractivity (Wildman–Crippen MR) is 111 cm³/mol. The minimum absolute atomic E-state index is 0.0321. The van der Waals surface area contributed by atoms with Crippen LogP contribution < -0.4 is 10.3 Å². The van der Waals surface area contributed by atoms with Gasteiger partial charge in [-0.05, 0) is 56.4 Å². The van der Waals surface area contributed by atoms with Gasteiger partial charge in [-0.3, -0.25) is 14.4 Å². The number of carbonyl (C=O) groups is 2. The third-order valence-corrected chi connectivity index (χ3v) is 5.23. The molecule has 1 aliphatic rings. The lowest BCUT2D eigenvalue weighted by Gasteiger charge is -2.32. The summed E-state index contributed by atoms with van der Waals surface area (Å²) < 4.78 is 10.9. The van der Waals surface area contributed by atoms with E-state index in [0.29, 0.717) is 18.8 Å². The number of aromatic nitrogens is 1. The van der Waals surface area contributed by atoms with Crippen molar-refractivity contribution in [3.63, 3.8) is 0 Å². The van der Waals surface area contributed by atoms with E-state index in [1.165, 1.54) is 13.0 Å². The zero-order valence-corrected chi connectivity index (χ0v) is 17.4. The Kier molecular flexibility index (Phi) is 7.46. The van der Waals surface area contributed by atoms with E-state index in [1.54, 1.807) is 30.3 Å².